The van der Waals surface area contributed by atoms with E-state index in [1.165, 1.54) is 0 Å². The molecule has 1 N–H and O–H groups in total. The zero-order chi connectivity index (χ0) is 9.68. The second-order valence-electron chi connectivity index (χ2n) is 2.71. The third kappa shape index (κ3) is 3.28. The van der Waals surface area contributed by atoms with E-state index in [0.29, 0.717) is 6.54 Å². The van der Waals surface area contributed by atoms with Gasteiger partial charge in [0.05, 0.1) is 6.54 Å². The topological polar surface area (TPSA) is 29.1 Å². The molecule has 1 aromatic rings. The minimum Gasteiger partial charge on any atom is -0.310 e. The molecule has 2 nitrogen and oxygen atoms in total. The molecule has 0 saturated carbocycles. The molecule has 1 rings (SSSR count). The van der Waals surface area contributed by atoms with Crippen LogP contribution in [-0.2, 0) is 0 Å². The van der Waals surface area contributed by atoms with Crippen molar-refractivity contribution in [3.05, 3.63) is 34.3 Å². The van der Waals surface area contributed by atoms with E-state index in [0.717, 1.165) is 16.6 Å². The maximum absolute atomic E-state index is 11.5. The van der Waals surface area contributed by atoms with Gasteiger partial charge in [-0.2, -0.15) is 0 Å². The lowest BCUT2D eigenvalue weighted by molar-refractivity contribution is 0.0991. The molecule has 13 heavy (non-hydrogen) atoms. The number of nitrogens with one attached hydrogen (secondary N) is 1. The van der Waals surface area contributed by atoms with Crippen molar-refractivity contribution in [1.29, 1.82) is 0 Å². The number of Topliss-reactive ketones (excluding diaryl/α,β-unsaturated/α-hetero) is 1. The van der Waals surface area contributed by atoms with E-state index < -0.39 is 0 Å². The lowest BCUT2D eigenvalue weighted by Gasteiger charge is -2.01. The van der Waals surface area contributed by atoms with Crippen LogP contribution in [0.3, 0.4) is 0 Å². The van der Waals surface area contributed by atoms with Gasteiger partial charge in [-0.25, -0.2) is 0 Å². The highest BCUT2D eigenvalue weighted by Crippen LogP contribution is 2.11. The average molecular weight is 242 g/mol. The lowest BCUT2D eigenvalue weighted by Crippen LogP contribution is -2.22. The largest absolute Gasteiger partial charge is 0.310 e. The van der Waals surface area contributed by atoms with E-state index in [2.05, 4.69) is 21.2 Å². The Kier molecular flexibility index (Phi) is 4.12. The highest BCUT2D eigenvalue weighted by Gasteiger charge is 2.03. The van der Waals surface area contributed by atoms with Crippen LogP contribution in [0.4, 0.5) is 0 Å². The Balaban J connectivity index is 2.66. The van der Waals surface area contributed by atoms with Gasteiger partial charge in [0.2, 0.25) is 0 Å². The highest BCUT2D eigenvalue weighted by atomic mass is 79.9. The molecule has 0 aliphatic rings. The summed E-state index contributed by atoms with van der Waals surface area (Å²) in [6.45, 7) is 3.21. The zero-order valence-corrected chi connectivity index (χ0v) is 9.10. The summed E-state index contributed by atoms with van der Waals surface area (Å²) in [5.74, 6) is 0.128. The zero-order valence-electron chi connectivity index (χ0n) is 7.51. The SMILES string of the molecule is CCNCC(=O)c1cccc(Br)c1. The number of likely N-dealkylation sites (N-methyl/N-ethyl adjacent to an activating group) is 1. The van der Waals surface area contributed by atoms with Crippen LogP contribution in [0.1, 0.15) is 17.3 Å². The first kappa shape index (κ1) is 10.4. The van der Waals surface area contributed by atoms with Gasteiger partial charge in [-0.05, 0) is 18.7 Å². The number of halogens is 1. The molecule has 0 heterocycles. The summed E-state index contributed by atoms with van der Waals surface area (Å²) in [4.78, 5) is 11.5. The number of hydrogen-bond donors (Lipinski definition) is 1. The molecule has 0 fully saturated rings. The Labute approximate surface area is 86.5 Å². The number of benzene rings is 1. The second-order valence-corrected chi connectivity index (χ2v) is 3.63. The fourth-order valence-corrected chi connectivity index (χ4v) is 1.40. The molecular formula is C10H12BrNO. The van der Waals surface area contributed by atoms with Crippen molar-refractivity contribution in [3.63, 3.8) is 0 Å². The predicted molar refractivity (Wildman–Crippen MR) is 57.0 cm³/mol. The van der Waals surface area contributed by atoms with E-state index in [1.54, 1.807) is 0 Å². The Hall–Kier alpha value is -0.670. The fraction of sp³-hybridized carbons (Fsp3) is 0.300. The quantitative estimate of drug-likeness (QED) is 0.820. The Morgan fingerprint density at radius 3 is 2.92 bits per heavy atom. The fourth-order valence-electron chi connectivity index (χ4n) is 1.00. The van der Waals surface area contributed by atoms with Gasteiger partial charge in [-0.1, -0.05) is 35.0 Å². The number of ketones is 1. The molecule has 0 atom stereocenters. The molecule has 0 aliphatic carbocycles. The normalized spacial score (nSPS) is 10.0. The van der Waals surface area contributed by atoms with Crippen LogP contribution in [-0.4, -0.2) is 18.9 Å². The predicted octanol–water partition coefficient (Wildman–Crippen LogP) is 2.24. The molecule has 0 amide bonds. The van der Waals surface area contributed by atoms with Gasteiger partial charge in [-0.15, -0.1) is 0 Å². The van der Waals surface area contributed by atoms with Gasteiger partial charge in [-0.3, -0.25) is 4.79 Å². The van der Waals surface area contributed by atoms with Crippen molar-refractivity contribution >= 4 is 21.7 Å². The standard InChI is InChI=1S/C10H12BrNO/c1-2-12-7-10(13)8-4-3-5-9(11)6-8/h3-6,12H,2,7H2,1H3. The molecule has 1 aromatic carbocycles. The van der Waals surface area contributed by atoms with Crippen molar-refractivity contribution in [2.75, 3.05) is 13.1 Å². The van der Waals surface area contributed by atoms with E-state index in [4.69, 9.17) is 0 Å². The summed E-state index contributed by atoms with van der Waals surface area (Å²) >= 11 is 3.33. The summed E-state index contributed by atoms with van der Waals surface area (Å²) in [5, 5.41) is 3.00. The van der Waals surface area contributed by atoms with Crippen LogP contribution < -0.4 is 5.32 Å². The van der Waals surface area contributed by atoms with E-state index >= 15 is 0 Å². The van der Waals surface area contributed by atoms with Crippen LogP contribution in [0.5, 0.6) is 0 Å². The maximum atomic E-state index is 11.5. The molecule has 0 unspecified atom stereocenters. The van der Waals surface area contributed by atoms with Gasteiger partial charge >= 0.3 is 0 Å². The smallest absolute Gasteiger partial charge is 0.176 e. The Morgan fingerprint density at radius 2 is 2.31 bits per heavy atom. The molecule has 3 heteroatoms. The summed E-state index contributed by atoms with van der Waals surface area (Å²) in [7, 11) is 0. The maximum Gasteiger partial charge on any atom is 0.176 e. The van der Waals surface area contributed by atoms with Crippen molar-refractivity contribution in [2.24, 2.45) is 0 Å². The van der Waals surface area contributed by atoms with Crippen LogP contribution in [0.2, 0.25) is 0 Å². The van der Waals surface area contributed by atoms with Crippen molar-refractivity contribution in [1.82, 2.24) is 5.32 Å². The lowest BCUT2D eigenvalue weighted by atomic mass is 10.1. The minimum absolute atomic E-state index is 0.128. The summed E-state index contributed by atoms with van der Waals surface area (Å²) in [5.41, 5.74) is 0.746. The van der Waals surface area contributed by atoms with Crippen LogP contribution in [0.15, 0.2) is 28.7 Å². The van der Waals surface area contributed by atoms with Gasteiger partial charge in [0.25, 0.3) is 0 Å². The number of carbonyl (C=O) groups excluding carboxylic acids is 1. The summed E-state index contributed by atoms with van der Waals surface area (Å²) in [6.07, 6.45) is 0. The Morgan fingerprint density at radius 1 is 1.54 bits per heavy atom. The molecule has 0 aliphatic heterocycles. The van der Waals surface area contributed by atoms with Crippen LogP contribution in [0.25, 0.3) is 0 Å². The molecule has 0 radical (unpaired) electrons. The van der Waals surface area contributed by atoms with Gasteiger partial charge in [0.1, 0.15) is 0 Å². The van der Waals surface area contributed by atoms with Crippen LogP contribution >= 0.6 is 15.9 Å². The first-order valence-electron chi connectivity index (χ1n) is 4.23. The molecule has 0 bridgehead atoms. The third-order valence-corrected chi connectivity index (χ3v) is 2.18. The van der Waals surface area contributed by atoms with Crippen molar-refractivity contribution < 1.29 is 4.79 Å². The first-order valence-corrected chi connectivity index (χ1v) is 5.03. The summed E-state index contributed by atoms with van der Waals surface area (Å²) < 4.78 is 0.940. The Bertz CT molecular complexity index is 299. The second kappa shape index (κ2) is 5.14. The molecule has 70 valence electrons. The van der Waals surface area contributed by atoms with E-state index in [-0.39, 0.29) is 5.78 Å². The van der Waals surface area contributed by atoms with Crippen LogP contribution in [0, 0.1) is 0 Å². The van der Waals surface area contributed by atoms with Gasteiger partial charge in [0.15, 0.2) is 5.78 Å². The number of hydrogen-bond acceptors (Lipinski definition) is 2. The highest BCUT2D eigenvalue weighted by molar-refractivity contribution is 9.10. The van der Waals surface area contributed by atoms with Crippen molar-refractivity contribution in [3.8, 4) is 0 Å². The van der Waals surface area contributed by atoms with E-state index in [1.807, 2.05) is 31.2 Å². The minimum atomic E-state index is 0.128. The molecule has 0 saturated heterocycles. The average Bonchev–Trinajstić information content (AvgIpc) is 2.14. The number of rotatable bonds is 4. The monoisotopic (exact) mass is 241 g/mol. The third-order valence-electron chi connectivity index (χ3n) is 1.68. The number of carbonyl (C=O) groups is 1. The first-order chi connectivity index (χ1) is 6.24. The van der Waals surface area contributed by atoms with Gasteiger partial charge < -0.3 is 5.32 Å². The van der Waals surface area contributed by atoms with Gasteiger partial charge in [0, 0.05) is 10.0 Å². The molecule has 0 aromatic heterocycles. The summed E-state index contributed by atoms with van der Waals surface area (Å²) in [6, 6.07) is 7.43. The molecular weight excluding hydrogens is 230 g/mol. The molecule has 0 spiro atoms. The van der Waals surface area contributed by atoms with Crippen molar-refractivity contribution in [2.45, 2.75) is 6.92 Å². The van der Waals surface area contributed by atoms with E-state index in [9.17, 15) is 4.79 Å².